The average Bonchev–Trinajstić information content (AvgIpc) is 1.61. The van der Waals surface area contributed by atoms with Crippen LogP contribution in [0.15, 0.2) is 20.6 Å². The summed E-state index contributed by atoms with van der Waals surface area (Å²) in [6, 6.07) is 0. The SMILES string of the molecule is C=C(I)/N=N\N(C)C. The van der Waals surface area contributed by atoms with Gasteiger partial charge in [-0.1, -0.05) is 11.8 Å². The smallest absolute Gasteiger partial charge is 0.118 e. The molecule has 4 heteroatoms. The van der Waals surface area contributed by atoms with Gasteiger partial charge in [-0.2, -0.15) is 0 Å². The highest BCUT2D eigenvalue weighted by molar-refractivity contribution is 14.1. The van der Waals surface area contributed by atoms with Crippen molar-refractivity contribution in [2.45, 2.75) is 0 Å². The molecule has 0 N–H and O–H groups in total. The van der Waals surface area contributed by atoms with Gasteiger partial charge in [-0.15, -0.1) is 5.11 Å². The topological polar surface area (TPSA) is 28.0 Å². The van der Waals surface area contributed by atoms with Crippen LogP contribution in [0.5, 0.6) is 0 Å². The lowest BCUT2D eigenvalue weighted by Crippen LogP contribution is -1.98. The van der Waals surface area contributed by atoms with E-state index < -0.39 is 0 Å². The number of hydrogen-bond acceptors (Lipinski definition) is 2. The minimum absolute atomic E-state index is 0.691. The minimum atomic E-state index is 0.691. The van der Waals surface area contributed by atoms with Crippen LogP contribution in [0.4, 0.5) is 0 Å². The second-order valence-corrected chi connectivity index (χ2v) is 2.66. The van der Waals surface area contributed by atoms with E-state index in [2.05, 4.69) is 16.9 Å². The molecule has 0 heterocycles. The van der Waals surface area contributed by atoms with Crippen LogP contribution in [0.25, 0.3) is 0 Å². The Balaban J connectivity index is 3.50. The fraction of sp³-hybridized carbons (Fsp3) is 0.500. The van der Waals surface area contributed by atoms with Gasteiger partial charge in [-0.05, 0) is 22.6 Å². The Hall–Kier alpha value is -0.130. The largest absolute Gasteiger partial charge is 0.285 e. The van der Waals surface area contributed by atoms with Crippen LogP contribution in [0.1, 0.15) is 0 Å². The first-order valence-corrected chi connectivity index (χ1v) is 3.14. The van der Waals surface area contributed by atoms with E-state index in [1.54, 1.807) is 5.01 Å². The molecule has 0 aliphatic rings. The first kappa shape index (κ1) is 7.87. The summed E-state index contributed by atoms with van der Waals surface area (Å²) in [6.45, 7) is 3.53. The van der Waals surface area contributed by atoms with Gasteiger partial charge in [-0.25, -0.2) is 0 Å². The first-order chi connectivity index (χ1) is 3.63. The summed E-state index contributed by atoms with van der Waals surface area (Å²) in [5, 5.41) is 8.96. The molecule has 0 radical (unpaired) electrons. The van der Waals surface area contributed by atoms with Gasteiger partial charge in [0, 0.05) is 14.1 Å². The maximum atomic E-state index is 3.68. The van der Waals surface area contributed by atoms with Crippen molar-refractivity contribution in [3.63, 3.8) is 0 Å². The van der Waals surface area contributed by atoms with E-state index in [9.17, 15) is 0 Å². The maximum absolute atomic E-state index is 3.68. The van der Waals surface area contributed by atoms with Gasteiger partial charge < -0.3 is 0 Å². The van der Waals surface area contributed by atoms with Crippen LogP contribution in [0.3, 0.4) is 0 Å². The van der Waals surface area contributed by atoms with Crippen LogP contribution < -0.4 is 0 Å². The molecule has 0 aromatic carbocycles. The Morgan fingerprint density at radius 3 is 2.25 bits per heavy atom. The molecule has 0 saturated heterocycles. The Labute approximate surface area is 62.6 Å². The second-order valence-electron chi connectivity index (χ2n) is 1.41. The third kappa shape index (κ3) is 5.87. The number of nitrogens with zero attached hydrogens (tertiary/aromatic N) is 3. The van der Waals surface area contributed by atoms with Crippen molar-refractivity contribution in [3.05, 3.63) is 10.3 Å². The van der Waals surface area contributed by atoms with E-state index in [0.29, 0.717) is 3.70 Å². The highest BCUT2D eigenvalue weighted by Crippen LogP contribution is 2.02. The molecule has 0 aromatic rings. The van der Waals surface area contributed by atoms with Crippen molar-refractivity contribution in [2.75, 3.05) is 14.1 Å². The monoisotopic (exact) mass is 225 g/mol. The molecule has 0 bridgehead atoms. The Morgan fingerprint density at radius 2 is 2.12 bits per heavy atom. The van der Waals surface area contributed by atoms with Gasteiger partial charge in [0.05, 0.1) is 0 Å². The molecule has 0 rings (SSSR count). The van der Waals surface area contributed by atoms with E-state index >= 15 is 0 Å². The highest BCUT2D eigenvalue weighted by Gasteiger charge is 1.77. The van der Waals surface area contributed by atoms with E-state index in [0.717, 1.165) is 0 Å². The summed E-state index contributed by atoms with van der Waals surface area (Å²) in [4.78, 5) is 0. The fourth-order valence-corrected chi connectivity index (χ4v) is 0.234. The van der Waals surface area contributed by atoms with Crippen LogP contribution in [0.2, 0.25) is 0 Å². The molecule has 0 aliphatic carbocycles. The molecule has 0 aliphatic heterocycles. The van der Waals surface area contributed by atoms with E-state index in [1.165, 1.54) is 0 Å². The van der Waals surface area contributed by atoms with Crippen molar-refractivity contribution in [1.29, 1.82) is 0 Å². The third-order valence-corrected chi connectivity index (χ3v) is 0.548. The summed E-state index contributed by atoms with van der Waals surface area (Å²) >= 11 is 1.99. The summed E-state index contributed by atoms with van der Waals surface area (Å²) in [6.07, 6.45) is 0. The van der Waals surface area contributed by atoms with E-state index in [4.69, 9.17) is 0 Å². The van der Waals surface area contributed by atoms with Gasteiger partial charge in [0.15, 0.2) is 0 Å². The minimum Gasteiger partial charge on any atom is -0.285 e. The van der Waals surface area contributed by atoms with E-state index in [1.807, 2.05) is 36.7 Å². The summed E-state index contributed by atoms with van der Waals surface area (Å²) in [5.74, 6) is 0. The molecular weight excluding hydrogens is 217 g/mol. The fourth-order valence-electron chi connectivity index (χ4n) is 0.138. The van der Waals surface area contributed by atoms with Gasteiger partial charge in [0.2, 0.25) is 0 Å². The number of rotatable bonds is 2. The molecular formula is C4H8IN3. The van der Waals surface area contributed by atoms with Crippen LogP contribution >= 0.6 is 22.6 Å². The normalized spacial score (nSPS) is 9.88. The predicted octanol–water partition coefficient (Wildman–Crippen LogP) is 1.82. The lowest BCUT2D eigenvalue weighted by Gasteiger charge is -1.97. The zero-order chi connectivity index (χ0) is 6.57. The summed E-state index contributed by atoms with van der Waals surface area (Å²) in [5.41, 5.74) is 0. The molecule has 3 nitrogen and oxygen atoms in total. The first-order valence-electron chi connectivity index (χ1n) is 2.06. The van der Waals surface area contributed by atoms with E-state index in [-0.39, 0.29) is 0 Å². The average molecular weight is 225 g/mol. The van der Waals surface area contributed by atoms with Crippen molar-refractivity contribution < 1.29 is 0 Å². The molecule has 0 unspecified atom stereocenters. The molecule has 0 aromatic heterocycles. The lowest BCUT2D eigenvalue weighted by molar-refractivity contribution is 0.407. The molecule has 0 saturated carbocycles. The number of halogens is 1. The second kappa shape index (κ2) is 3.82. The highest BCUT2D eigenvalue weighted by atomic mass is 127. The van der Waals surface area contributed by atoms with Crippen molar-refractivity contribution in [2.24, 2.45) is 10.3 Å². The quantitative estimate of drug-likeness (QED) is 0.305. The summed E-state index contributed by atoms with van der Waals surface area (Å²) < 4.78 is 0.691. The number of hydrogen-bond donors (Lipinski definition) is 0. The zero-order valence-electron chi connectivity index (χ0n) is 4.93. The van der Waals surface area contributed by atoms with Crippen molar-refractivity contribution in [1.82, 2.24) is 5.01 Å². The molecule has 0 fully saturated rings. The van der Waals surface area contributed by atoms with Gasteiger partial charge >= 0.3 is 0 Å². The third-order valence-electron chi connectivity index (χ3n) is 0.332. The Kier molecular flexibility index (Phi) is 3.76. The molecule has 0 atom stereocenters. The molecule has 0 amide bonds. The van der Waals surface area contributed by atoms with Crippen LogP contribution in [-0.2, 0) is 0 Å². The standard InChI is InChI=1S/C4H8IN3/c1-4(5)6-7-8(2)3/h1H2,2-3H3/b7-6-. The Morgan fingerprint density at radius 1 is 1.62 bits per heavy atom. The van der Waals surface area contributed by atoms with Gasteiger partial charge in [0.1, 0.15) is 3.70 Å². The van der Waals surface area contributed by atoms with Gasteiger partial charge in [0.25, 0.3) is 0 Å². The Bertz CT molecular complexity index is 108. The van der Waals surface area contributed by atoms with Crippen LogP contribution in [0, 0.1) is 0 Å². The zero-order valence-corrected chi connectivity index (χ0v) is 7.08. The van der Waals surface area contributed by atoms with Gasteiger partial charge in [-0.3, -0.25) is 5.01 Å². The van der Waals surface area contributed by atoms with Crippen LogP contribution in [-0.4, -0.2) is 19.1 Å². The maximum Gasteiger partial charge on any atom is 0.118 e. The molecule has 8 heavy (non-hydrogen) atoms. The molecule has 0 spiro atoms. The van der Waals surface area contributed by atoms with Crippen molar-refractivity contribution >= 4 is 22.6 Å². The summed E-state index contributed by atoms with van der Waals surface area (Å²) in [7, 11) is 3.62. The van der Waals surface area contributed by atoms with Crippen molar-refractivity contribution in [3.8, 4) is 0 Å². The molecule has 46 valence electrons. The lowest BCUT2D eigenvalue weighted by atomic mass is 11.1. The predicted molar refractivity (Wildman–Crippen MR) is 41.7 cm³/mol.